The maximum absolute atomic E-state index is 14.0. The van der Waals surface area contributed by atoms with Crippen LogP contribution < -0.4 is 10.6 Å². The van der Waals surface area contributed by atoms with Crippen molar-refractivity contribution < 1.29 is 9.18 Å². The van der Waals surface area contributed by atoms with Gasteiger partial charge in [-0.3, -0.25) is 4.79 Å². The minimum Gasteiger partial charge on any atom is -0.353 e. The number of halogens is 2. The number of rotatable bonds is 6. The summed E-state index contributed by atoms with van der Waals surface area (Å²) in [6.45, 7) is 1.62. The van der Waals surface area contributed by atoms with Crippen LogP contribution in [-0.4, -0.2) is 25.0 Å². The number of carbonyl (C=O) groups excluding carboxylic acids is 1. The lowest BCUT2D eigenvalue weighted by molar-refractivity contribution is -0.120. The molecule has 2 aromatic rings. The van der Waals surface area contributed by atoms with Gasteiger partial charge in [-0.05, 0) is 37.1 Å². The summed E-state index contributed by atoms with van der Waals surface area (Å²) in [4.78, 5) is 13.2. The molecule has 6 heteroatoms. The Morgan fingerprint density at radius 2 is 1.92 bits per heavy atom. The van der Waals surface area contributed by atoms with Crippen molar-refractivity contribution in [2.45, 2.75) is 29.0 Å². The number of amides is 1. The summed E-state index contributed by atoms with van der Waals surface area (Å²) in [6.07, 6.45) is 2.23. The zero-order chi connectivity index (χ0) is 16.8. The van der Waals surface area contributed by atoms with E-state index in [2.05, 4.69) is 10.6 Å². The van der Waals surface area contributed by atoms with Crippen LogP contribution in [0.25, 0.3) is 0 Å². The second-order valence-electron chi connectivity index (χ2n) is 5.88. The molecule has 0 saturated carbocycles. The molecule has 1 fully saturated rings. The molecular weight excluding hydrogens is 359 g/mol. The molecule has 1 amide bonds. The van der Waals surface area contributed by atoms with Gasteiger partial charge >= 0.3 is 0 Å². The molecule has 2 aromatic carbocycles. The second kappa shape index (κ2) is 9.80. The van der Waals surface area contributed by atoms with E-state index >= 15 is 0 Å². The van der Waals surface area contributed by atoms with E-state index in [1.807, 2.05) is 30.3 Å². The predicted molar refractivity (Wildman–Crippen MR) is 103 cm³/mol. The van der Waals surface area contributed by atoms with Crippen LogP contribution in [0.1, 0.15) is 23.7 Å². The molecule has 2 atom stereocenters. The lowest BCUT2D eigenvalue weighted by Gasteiger charge is -2.19. The minimum absolute atomic E-state index is 0. The highest BCUT2D eigenvalue weighted by molar-refractivity contribution is 8.00. The molecule has 0 aromatic heterocycles. The molecule has 0 spiro atoms. The molecule has 0 radical (unpaired) electrons. The molecule has 1 aliphatic heterocycles. The fourth-order valence-electron chi connectivity index (χ4n) is 2.82. The molecule has 2 unspecified atom stereocenters. The largest absolute Gasteiger partial charge is 0.353 e. The van der Waals surface area contributed by atoms with Crippen molar-refractivity contribution in [2.24, 2.45) is 0 Å². The van der Waals surface area contributed by atoms with E-state index in [0.29, 0.717) is 17.5 Å². The molecule has 1 saturated heterocycles. The number of hydrogen-bond donors (Lipinski definition) is 2. The Hall–Kier alpha value is -1.56. The highest BCUT2D eigenvalue weighted by Gasteiger charge is 2.24. The molecule has 0 aliphatic carbocycles. The van der Waals surface area contributed by atoms with Crippen LogP contribution in [0.15, 0.2) is 59.5 Å². The predicted octanol–water partition coefficient (Wildman–Crippen LogP) is 3.95. The maximum Gasteiger partial charge on any atom is 0.238 e. The molecule has 25 heavy (non-hydrogen) atoms. The Labute approximate surface area is 158 Å². The van der Waals surface area contributed by atoms with Gasteiger partial charge in [-0.25, -0.2) is 4.39 Å². The van der Waals surface area contributed by atoms with E-state index in [1.54, 1.807) is 18.2 Å². The Morgan fingerprint density at radius 3 is 2.60 bits per heavy atom. The van der Waals surface area contributed by atoms with Gasteiger partial charge in [-0.1, -0.05) is 42.5 Å². The van der Waals surface area contributed by atoms with Crippen LogP contribution in [0, 0.1) is 5.82 Å². The SMILES string of the molecule is Cl.O=C(NCC1CCCN1)C(Sc1ccccc1F)c1ccccc1. The molecule has 1 heterocycles. The normalized spacial score (nSPS) is 17.6. The van der Waals surface area contributed by atoms with Gasteiger partial charge in [0.2, 0.25) is 5.91 Å². The highest BCUT2D eigenvalue weighted by atomic mass is 35.5. The summed E-state index contributed by atoms with van der Waals surface area (Å²) in [7, 11) is 0. The average molecular weight is 381 g/mol. The van der Waals surface area contributed by atoms with Crippen LogP contribution in [0.2, 0.25) is 0 Å². The smallest absolute Gasteiger partial charge is 0.238 e. The molecule has 3 nitrogen and oxygen atoms in total. The van der Waals surface area contributed by atoms with E-state index in [9.17, 15) is 9.18 Å². The zero-order valence-electron chi connectivity index (χ0n) is 13.8. The van der Waals surface area contributed by atoms with Crippen molar-refractivity contribution in [3.63, 3.8) is 0 Å². The van der Waals surface area contributed by atoms with Gasteiger partial charge in [-0.15, -0.1) is 24.2 Å². The molecule has 3 rings (SSSR count). The van der Waals surface area contributed by atoms with Crippen LogP contribution in [0.3, 0.4) is 0 Å². The Morgan fingerprint density at radius 1 is 1.20 bits per heavy atom. The summed E-state index contributed by atoms with van der Waals surface area (Å²) < 4.78 is 14.0. The third-order valence-electron chi connectivity index (χ3n) is 4.11. The summed E-state index contributed by atoms with van der Waals surface area (Å²) in [5.74, 6) is -0.378. The zero-order valence-corrected chi connectivity index (χ0v) is 15.4. The molecule has 0 bridgehead atoms. The van der Waals surface area contributed by atoms with E-state index in [-0.39, 0.29) is 24.1 Å². The van der Waals surface area contributed by atoms with Crippen LogP contribution >= 0.6 is 24.2 Å². The number of thioether (sulfide) groups is 1. The topological polar surface area (TPSA) is 41.1 Å². The van der Waals surface area contributed by atoms with Gasteiger partial charge in [0.05, 0.1) is 0 Å². The molecular formula is C19H22ClFN2OS. The lowest BCUT2D eigenvalue weighted by Crippen LogP contribution is -2.38. The third-order valence-corrected chi connectivity index (χ3v) is 5.41. The first kappa shape index (κ1) is 19.8. The lowest BCUT2D eigenvalue weighted by atomic mass is 10.1. The maximum atomic E-state index is 14.0. The van der Waals surface area contributed by atoms with Gasteiger partial charge in [0.25, 0.3) is 0 Å². The number of nitrogens with one attached hydrogen (secondary N) is 2. The highest BCUT2D eigenvalue weighted by Crippen LogP contribution is 2.36. The fourth-order valence-corrected chi connectivity index (χ4v) is 3.89. The van der Waals surface area contributed by atoms with E-state index in [0.717, 1.165) is 24.9 Å². The van der Waals surface area contributed by atoms with Crippen molar-refractivity contribution in [3.8, 4) is 0 Å². The van der Waals surface area contributed by atoms with Gasteiger partial charge in [0.1, 0.15) is 11.1 Å². The van der Waals surface area contributed by atoms with Crippen molar-refractivity contribution in [3.05, 3.63) is 66.0 Å². The van der Waals surface area contributed by atoms with E-state index in [4.69, 9.17) is 0 Å². The summed E-state index contributed by atoms with van der Waals surface area (Å²) >= 11 is 1.25. The first-order valence-corrected chi connectivity index (χ1v) is 9.09. The summed E-state index contributed by atoms with van der Waals surface area (Å²) in [5.41, 5.74) is 0.877. The van der Waals surface area contributed by atoms with Crippen molar-refractivity contribution >= 4 is 30.1 Å². The number of benzene rings is 2. The first-order chi connectivity index (χ1) is 11.7. The van der Waals surface area contributed by atoms with Crippen LogP contribution in [0.5, 0.6) is 0 Å². The Bertz CT molecular complexity index is 680. The van der Waals surface area contributed by atoms with Crippen molar-refractivity contribution in [1.29, 1.82) is 0 Å². The minimum atomic E-state index is -0.468. The van der Waals surface area contributed by atoms with Crippen LogP contribution in [-0.2, 0) is 4.79 Å². The number of hydrogen-bond acceptors (Lipinski definition) is 3. The Balaban J connectivity index is 0.00000225. The second-order valence-corrected chi connectivity index (χ2v) is 7.02. The van der Waals surface area contributed by atoms with E-state index in [1.165, 1.54) is 17.8 Å². The first-order valence-electron chi connectivity index (χ1n) is 8.21. The quantitative estimate of drug-likeness (QED) is 0.745. The molecule has 2 N–H and O–H groups in total. The fraction of sp³-hybridized carbons (Fsp3) is 0.316. The van der Waals surface area contributed by atoms with Gasteiger partial charge < -0.3 is 10.6 Å². The van der Waals surface area contributed by atoms with Crippen LogP contribution in [0.4, 0.5) is 4.39 Å². The van der Waals surface area contributed by atoms with Gasteiger partial charge in [0, 0.05) is 17.5 Å². The van der Waals surface area contributed by atoms with Gasteiger partial charge in [-0.2, -0.15) is 0 Å². The summed E-state index contributed by atoms with van der Waals surface area (Å²) in [5, 5.41) is 5.92. The van der Waals surface area contributed by atoms with E-state index < -0.39 is 5.25 Å². The molecule has 1 aliphatic rings. The summed E-state index contributed by atoms with van der Waals surface area (Å²) in [6, 6.07) is 16.4. The number of carbonyl (C=O) groups is 1. The van der Waals surface area contributed by atoms with Crippen molar-refractivity contribution in [1.82, 2.24) is 10.6 Å². The third kappa shape index (κ3) is 5.46. The monoisotopic (exact) mass is 380 g/mol. The van der Waals surface area contributed by atoms with Gasteiger partial charge in [0.15, 0.2) is 0 Å². The Kier molecular flexibility index (Phi) is 7.75. The average Bonchev–Trinajstić information content (AvgIpc) is 3.13. The molecule has 134 valence electrons. The standard InChI is InChI=1S/C19H21FN2OS.ClH/c20-16-10-4-5-11-17(16)24-18(14-7-2-1-3-8-14)19(23)22-13-15-9-6-12-21-15;/h1-5,7-8,10-11,15,18,21H,6,9,12-13H2,(H,22,23);1H. The van der Waals surface area contributed by atoms with Crippen molar-refractivity contribution in [2.75, 3.05) is 13.1 Å².